The van der Waals surface area contributed by atoms with Crippen molar-refractivity contribution in [2.45, 2.75) is 33.2 Å². The standard InChI is InChI=1S/C12H25N3O3/c1-10(2)15(7-4-8-16)9-12(18)14-6-5-13-11(3)17/h10,16H,4-9H2,1-3H3,(H,13,17)(H,14,18). The number of nitrogens with one attached hydrogen (secondary N) is 2. The molecule has 6 heteroatoms. The fourth-order valence-corrected chi connectivity index (χ4v) is 1.47. The summed E-state index contributed by atoms with van der Waals surface area (Å²) in [5, 5.41) is 14.1. The predicted octanol–water partition coefficient (Wildman–Crippen LogP) is -0.668. The predicted molar refractivity (Wildman–Crippen MR) is 70.1 cm³/mol. The summed E-state index contributed by atoms with van der Waals surface area (Å²) < 4.78 is 0. The molecule has 0 aliphatic heterocycles. The zero-order chi connectivity index (χ0) is 14.0. The number of carbonyl (C=O) groups excluding carboxylic acids is 2. The zero-order valence-electron chi connectivity index (χ0n) is 11.5. The van der Waals surface area contributed by atoms with Crippen LogP contribution >= 0.6 is 0 Å². The Hall–Kier alpha value is -1.14. The third-order valence-corrected chi connectivity index (χ3v) is 2.50. The summed E-state index contributed by atoms with van der Waals surface area (Å²) in [6.07, 6.45) is 0.664. The van der Waals surface area contributed by atoms with E-state index in [2.05, 4.69) is 10.6 Å². The molecule has 0 atom stereocenters. The highest BCUT2D eigenvalue weighted by atomic mass is 16.3. The molecule has 0 rings (SSSR count). The molecule has 0 bridgehead atoms. The van der Waals surface area contributed by atoms with Crippen molar-refractivity contribution in [2.24, 2.45) is 0 Å². The summed E-state index contributed by atoms with van der Waals surface area (Å²) in [6.45, 7) is 7.50. The molecule has 0 aromatic heterocycles. The molecular weight excluding hydrogens is 234 g/mol. The third-order valence-electron chi connectivity index (χ3n) is 2.50. The van der Waals surface area contributed by atoms with Gasteiger partial charge in [0, 0.05) is 39.2 Å². The molecular formula is C12H25N3O3. The first kappa shape index (κ1) is 16.9. The summed E-state index contributed by atoms with van der Waals surface area (Å²) in [5.41, 5.74) is 0. The van der Waals surface area contributed by atoms with Crippen molar-refractivity contribution in [3.05, 3.63) is 0 Å². The Morgan fingerprint density at radius 3 is 2.33 bits per heavy atom. The molecule has 18 heavy (non-hydrogen) atoms. The molecule has 0 aliphatic carbocycles. The average Bonchev–Trinajstić information content (AvgIpc) is 2.29. The van der Waals surface area contributed by atoms with Gasteiger partial charge in [-0.25, -0.2) is 0 Å². The number of hydrogen-bond donors (Lipinski definition) is 3. The van der Waals surface area contributed by atoms with Crippen LogP contribution in [0, 0.1) is 0 Å². The van der Waals surface area contributed by atoms with Crippen molar-refractivity contribution in [1.29, 1.82) is 0 Å². The van der Waals surface area contributed by atoms with Crippen LogP contribution in [-0.4, -0.2) is 60.6 Å². The molecule has 0 aromatic carbocycles. The van der Waals surface area contributed by atoms with Crippen molar-refractivity contribution < 1.29 is 14.7 Å². The van der Waals surface area contributed by atoms with Gasteiger partial charge < -0.3 is 15.7 Å². The molecule has 0 aliphatic rings. The molecule has 2 amide bonds. The molecule has 0 fully saturated rings. The highest BCUT2D eigenvalue weighted by Gasteiger charge is 2.12. The van der Waals surface area contributed by atoms with Crippen LogP contribution in [0.15, 0.2) is 0 Å². The Morgan fingerprint density at radius 2 is 1.83 bits per heavy atom. The monoisotopic (exact) mass is 259 g/mol. The third kappa shape index (κ3) is 8.95. The molecule has 6 nitrogen and oxygen atoms in total. The van der Waals surface area contributed by atoms with Crippen LogP contribution in [-0.2, 0) is 9.59 Å². The molecule has 0 saturated carbocycles. The van der Waals surface area contributed by atoms with E-state index in [9.17, 15) is 9.59 Å². The SMILES string of the molecule is CC(=O)NCCNC(=O)CN(CCCO)C(C)C. The smallest absolute Gasteiger partial charge is 0.234 e. The second-order valence-corrected chi connectivity index (χ2v) is 4.47. The second kappa shape index (κ2) is 9.85. The van der Waals surface area contributed by atoms with Gasteiger partial charge in [0.25, 0.3) is 0 Å². The average molecular weight is 259 g/mol. The number of hydrogen-bond acceptors (Lipinski definition) is 4. The van der Waals surface area contributed by atoms with E-state index in [4.69, 9.17) is 5.11 Å². The Kier molecular flexibility index (Phi) is 9.22. The minimum Gasteiger partial charge on any atom is -0.396 e. The number of carbonyl (C=O) groups is 2. The summed E-state index contributed by atoms with van der Waals surface area (Å²) >= 11 is 0. The van der Waals surface area contributed by atoms with Crippen LogP contribution in [0.4, 0.5) is 0 Å². The van der Waals surface area contributed by atoms with Gasteiger partial charge in [0.15, 0.2) is 0 Å². The van der Waals surface area contributed by atoms with Crippen molar-refractivity contribution in [3.8, 4) is 0 Å². The van der Waals surface area contributed by atoms with Gasteiger partial charge in [0.2, 0.25) is 11.8 Å². The van der Waals surface area contributed by atoms with E-state index in [1.54, 1.807) is 0 Å². The number of rotatable bonds is 9. The largest absolute Gasteiger partial charge is 0.396 e. The normalized spacial score (nSPS) is 10.8. The van der Waals surface area contributed by atoms with Crippen LogP contribution in [0.25, 0.3) is 0 Å². The lowest BCUT2D eigenvalue weighted by Gasteiger charge is -2.25. The highest BCUT2D eigenvalue weighted by Crippen LogP contribution is 1.98. The Bertz CT molecular complexity index is 257. The van der Waals surface area contributed by atoms with Crippen LogP contribution in [0.3, 0.4) is 0 Å². The van der Waals surface area contributed by atoms with Crippen LogP contribution in [0.2, 0.25) is 0 Å². The zero-order valence-corrected chi connectivity index (χ0v) is 11.5. The molecule has 0 aromatic rings. The van der Waals surface area contributed by atoms with Crippen molar-refractivity contribution in [3.63, 3.8) is 0 Å². The molecule has 106 valence electrons. The molecule has 0 radical (unpaired) electrons. The van der Waals surface area contributed by atoms with E-state index in [1.165, 1.54) is 6.92 Å². The van der Waals surface area contributed by atoms with Gasteiger partial charge in [-0.2, -0.15) is 0 Å². The van der Waals surface area contributed by atoms with Gasteiger partial charge in [-0.15, -0.1) is 0 Å². The number of aliphatic hydroxyl groups excluding tert-OH is 1. The van der Waals surface area contributed by atoms with E-state index < -0.39 is 0 Å². The van der Waals surface area contributed by atoms with Gasteiger partial charge in [0.05, 0.1) is 6.54 Å². The van der Waals surface area contributed by atoms with E-state index in [-0.39, 0.29) is 24.5 Å². The summed E-state index contributed by atoms with van der Waals surface area (Å²) in [4.78, 5) is 24.3. The molecule has 0 spiro atoms. The first-order valence-electron chi connectivity index (χ1n) is 6.33. The lowest BCUT2D eigenvalue weighted by molar-refractivity contribution is -0.123. The summed E-state index contributed by atoms with van der Waals surface area (Å²) in [7, 11) is 0. The minimum atomic E-state index is -0.101. The quantitative estimate of drug-likeness (QED) is 0.480. The molecule has 3 N–H and O–H groups in total. The topological polar surface area (TPSA) is 81.7 Å². The van der Waals surface area contributed by atoms with Gasteiger partial charge in [-0.3, -0.25) is 14.5 Å². The van der Waals surface area contributed by atoms with Gasteiger partial charge in [0.1, 0.15) is 0 Å². The first-order valence-corrected chi connectivity index (χ1v) is 6.33. The maximum Gasteiger partial charge on any atom is 0.234 e. The van der Waals surface area contributed by atoms with Gasteiger partial charge in [-0.05, 0) is 20.3 Å². The molecule has 0 unspecified atom stereocenters. The Balaban J connectivity index is 3.84. The Morgan fingerprint density at radius 1 is 1.22 bits per heavy atom. The van der Waals surface area contributed by atoms with Crippen molar-refractivity contribution in [1.82, 2.24) is 15.5 Å². The number of nitrogens with zero attached hydrogens (tertiary/aromatic N) is 1. The van der Waals surface area contributed by atoms with E-state index in [0.717, 1.165) is 0 Å². The van der Waals surface area contributed by atoms with Gasteiger partial charge in [-0.1, -0.05) is 0 Å². The second-order valence-electron chi connectivity index (χ2n) is 4.47. The van der Waals surface area contributed by atoms with Crippen molar-refractivity contribution >= 4 is 11.8 Å². The van der Waals surface area contributed by atoms with E-state index in [1.807, 2.05) is 18.7 Å². The maximum absolute atomic E-state index is 11.6. The van der Waals surface area contributed by atoms with Crippen LogP contribution < -0.4 is 10.6 Å². The molecule has 0 heterocycles. The number of aliphatic hydroxyl groups is 1. The van der Waals surface area contributed by atoms with Crippen LogP contribution in [0.5, 0.6) is 0 Å². The number of amides is 2. The minimum absolute atomic E-state index is 0.0630. The van der Waals surface area contributed by atoms with Gasteiger partial charge >= 0.3 is 0 Å². The van der Waals surface area contributed by atoms with Crippen LogP contribution in [0.1, 0.15) is 27.2 Å². The fraction of sp³-hybridized carbons (Fsp3) is 0.833. The summed E-state index contributed by atoms with van der Waals surface area (Å²) in [6, 6.07) is 0.262. The van der Waals surface area contributed by atoms with E-state index in [0.29, 0.717) is 32.6 Å². The lowest BCUT2D eigenvalue weighted by Crippen LogP contribution is -2.43. The highest BCUT2D eigenvalue weighted by molar-refractivity contribution is 5.78. The molecule has 0 saturated heterocycles. The maximum atomic E-state index is 11.6. The van der Waals surface area contributed by atoms with Crippen molar-refractivity contribution in [2.75, 3.05) is 32.8 Å². The van der Waals surface area contributed by atoms with E-state index >= 15 is 0 Å². The lowest BCUT2D eigenvalue weighted by atomic mass is 10.3. The first-order chi connectivity index (χ1) is 8.47. The Labute approximate surface area is 109 Å². The summed E-state index contributed by atoms with van der Waals surface area (Å²) in [5.74, 6) is -0.164. The fourth-order valence-electron chi connectivity index (χ4n) is 1.47.